The van der Waals surface area contributed by atoms with Gasteiger partial charge in [-0.15, -0.1) is 0 Å². The van der Waals surface area contributed by atoms with Crippen LogP contribution in [0.4, 0.5) is 5.69 Å². The molecule has 12 nitrogen and oxygen atoms in total. The van der Waals surface area contributed by atoms with Crippen LogP contribution in [0.1, 0.15) is 30.9 Å². The summed E-state index contributed by atoms with van der Waals surface area (Å²) in [5, 5.41) is 58.7. The number of aliphatic hydroxyl groups is 4. The van der Waals surface area contributed by atoms with Gasteiger partial charge in [0.1, 0.15) is 22.8 Å². The summed E-state index contributed by atoms with van der Waals surface area (Å²) in [5.74, 6) is -8.71. The Balaban J connectivity index is 2.11. The van der Waals surface area contributed by atoms with Gasteiger partial charge < -0.3 is 36.6 Å². The molecule has 36 heavy (non-hydrogen) atoms. The number of hydrogen-bond acceptors (Lipinski definition) is 10. The van der Waals surface area contributed by atoms with Gasteiger partial charge in [0.15, 0.2) is 11.4 Å². The van der Waals surface area contributed by atoms with Crippen molar-refractivity contribution in [3.05, 3.63) is 40.2 Å². The van der Waals surface area contributed by atoms with Gasteiger partial charge in [0.05, 0.1) is 34.9 Å². The molecule has 0 spiro atoms. The quantitative estimate of drug-likeness (QED) is 0.159. The zero-order chi connectivity index (χ0) is 27.1. The first-order valence-corrected chi connectivity index (χ1v) is 11.1. The number of Topliss-reactive ketones (excluding diaryl/α,β-unsaturated/α-hetero) is 2. The molecule has 6 atom stereocenters. The van der Waals surface area contributed by atoms with E-state index in [0.717, 1.165) is 0 Å². The maximum atomic E-state index is 14.0. The van der Waals surface area contributed by atoms with E-state index in [9.17, 15) is 44.7 Å². The van der Waals surface area contributed by atoms with Crippen LogP contribution in [-0.2, 0) is 19.2 Å². The van der Waals surface area contributed by atoms with Crippen LogP contribution in [0.3, 0.4) is 0 Å². The van der Waals surface area contributed by atoms with Crippen molar-refractivity contribution in [2.75, 3.05) is 19.4 Å². The number of hydrogen-bond donors (Lipinski definition) is 7. The van der Waals surface area contributed by atoms with E-state index in [0.29, 0.717) is 12.0 Å². The van der Waals surface area contributed by atoms with Gasteiger partial charge in [0.2, 0.25) is 12.2 Å². The number of aliphatic hydroxyl groups excluding tert-OH is 3. The number of anilines is 1. The molecule has 0 aliphatic heterocycles. The van der Waals surface area contributed by atoms with Crippen LogP contribution in [0.2, 0.25) is 0 Å². The number of nitrogens with one attached hydrogen (secondary N) is 1. The number of nitrogens with zero attached hydrogens (tertiary/aromatic N) is 1. The van der Waals surface area contributed by atoms with Gasteiger partial charge in [-0.05, 0) is 31.6 Å². The first kappa shape index (κ1) is 25.4. The van der Waals surface area contributed by atoms with Gasteiger partial charge in [-0.1, -0.05) is 19.9 Å². The summed E-state index contributed by atoms with van der Waals surface area (Å²) in [6, 6.07) is 1.45. The number of carbonyl (C=O) groups excluding carboxylic acids is 4. The third-order valence-corrected chi connectivity index (χ3v) is 8.07. The van der Waals surface area contributed by atoms with Crippen LogP contribution < -0.4 is 11.1 Å². The third kappa shape index (κ3) is 2.80. The number of benzene rings is 1. The van der Waals surface area contributed by atoms with Crippen molar-refractivity contribution in [1.82, 2.24) is 4.90 Å². The summed E-state index contributed by atoms with van der Waals surface area (Å²) in [5.41, 5.74) is -0.774. The Kier molecular flexibility index (Phi) is 5.55. The predicted molar refractivity (Wildman–Crippen MR) is 125 cm³/mol. The van der Waals surface area contributed by atoms with E-state index < -0.39 is 80.9 Å². The minimum absolute atomic E-state index is 0.0678. The van der Waals surface area contributed by atoms with E-state index in [-0.39, 0.29) is 11.3 Å². The van der Waals surface area contributed by atoms with Crippen molar-refractivity contribution < 1.29 is 44.7 Å². The molecule has 3 aliphatic carbocycles. The molecule has 1 aromatic rings. The summed E-state index contributed by atoms with van der Waals surface area (Å²) in [4.78, 5) is 51.5. The van der Waals surface area contributed by atoms with Crippen LogP contribution in [0, 0.1) is 11.3 Å². The molecule has 0 bridgehead atoms. The lowest BCUT2D eigenvalue weighted by atomic mass is 9.48. The van der Waals surface area contributed by atoms with Gasteiger partial charge >= 0.3 is 0 Å². The van der Waals surface area contributed by atoms with Gasteiger partial charge in [0.25, 0.3) is 5.91 Å². The Hall–Kier alpha value is -3.74. The SMILES string of the molecule is C[C@@H]1c2ccc(NC=O)c(O)c2C(O)=C2C(=O)[C@@]3(O)C(O)=C(C(N)=O)C(=O)[C@H](N(C)C)[C@H]3[C@H](O)[C@]21C. The number of carbonyl (C=O) groups is 4. The van der Waals surface area contributed by atoms with Crippen LogP contribution in [0.25, 0.3) is 5.76 Å². The lowest BCUT2D eigenvalue weighted by Crippen LogP contribution is -2.72. The Morgan fingerprint density at radius 3 is 2.33 bits per heavy atom. The lowest BCUT2D eigenvalue weighted by Gasteiger charge is -2.58. The van der Waals surface area contributed by atoms with Crippen LogP contribution in [0.15, 0.2) is 29.0 Å². The highest BCUT2D eigenvalue weighted by Gasteiger charge is 2.71. The van der Waals surface area contributed by atoms with Crippen molar-refractivity contribution in [2.45, 2.75) is 37.5 Å². The van der Waals surface area contributed by atoms with Crippen molar-refractivity contribution >= 4 is 35.3 Å². The smallest absolute Gasteiger partial charge is 0.255 e. The molecular formula is C24H27N3O9. The minimum Gasteiger partial charge on any atom is -0.508 e. The van der Waals surface area contributed by atoms with E-state index in [1.165, 1.54) is 38.1 Å². The number of phenolic OH excluding ortho intramolecular Hbond substituents is 1. The zero-order valence-corrected chi connectivity index (χ0v) is 19.9. The number of likely N-dealkylation sites (N-methyl/N-ethyl adjacent to an activating group) is 1. The van der Waals surface area contributed by atoms with Crippen LogP contribution in [-0.4, -0.2) is 86.2 Å². The van der Waals surface area contributed by atoms with Crippen LogP contribution >= 0.6 is 0 Å². The number of phenols is 1. The largest absolute Gasteiger partial charge is 0.508 e. The molecular weight excluding hydrogens is 474 g/mol. The maximum absolute atomic E-state index is 14.0. The molecule has 0 unspecified atom stereocenters. The molecule has 12 heteroatoms. The monoisotopic (exact) mass is 501 g/mol. The van der Waals surface area contributed by atoms with Gasteiger partial charge in [-0.3, -0.25) is 24.1 Å². The molecule has 1 saturated carbocycles. The number of amides is 2. The molecule has 1 aromatic carbocycles. The second-order valence-corrected chi connectivity index (χ2v) is 9.84. The Morgan fingerprint density at radius 1 is 1.19 bits per heavy atom. The number of nitrogens with two attached hydrogens (primary N) is 1. The predicted octanol–water partition coefficient (Wildman–Crippen LogP) is -0.546. The number of rotatable bonds is 4. The molecule has 192 valence electrons. The fourth-order valence-corrected chi connectivity index (χ4v) is 6.09. The molecule has 2 amide bonds. The number of aromatic hydroxyl groups is 1. The summed E-state index contributed by atoms with van der Waals surface area (Å²) < 4.78 is 0. The average molecular weight is 501 g/mol. The highest BCUT2D eigenvalue weighted by Crippen LogP contribution is 2.62. The van der Waals surface area contributed by atoms with Gasteiger partial charge in [0, 0.05) is 5.41 Å². The normalized spacial score (nSPS) is 33.8. The van der Waals surface area contributed by atoms with Crippen molar-refractivity contribution in [3.8, 4) is 5.75 Å². The fraction of sp³-hybridized carbons (Fsp3) is 0.417. The van der Waals surface area contributed by atoms with E-state index >= 15 is 0 Å². The van der Waals surface area contributed by atoms with Gasteiger partial charge in [-0.2, -0.15) is 0 Å². The van der Waals surface area contributed by atoms with Crippen molar-refractivity contribution in [1.29, 1.82) is 0 Å². The molecule has 0 radical (unpaired) electrons. The minimum atomic E-state index is -3.00. The maximum Gasteiger partial charge on any atom is 0.255 e. The highest BCUT2D eigenvalue weighted by molar-refractivity contribution is 6.24. The van der Waals surface area contributed by atoms with E-state index in [1.54, 1.807) is 6.92 Å². The summed E-state index contributed by atoms with van der Waals surface area (Å²) in [6.07, 6.45) is -1.41. The summed E-state index contributed by atoms with van der Waals surface area (Å²) in [7, 11) is 2.87. The molecule has 0 heterocycles. The second-order valence-electron chi connectivity index (χ2n) is 9.84. The topological polar surface area (TPSA) is 211 Å². The first-order valence-electron chi connectivity index (χ1n) is 11.1. The van der Waals surface area contributed by atoms with Crippen molar-refractivity contribution in [2.24, 2.45) is 17.1 Å². The Morgan fingerprint density at radius 2 is 1.81 bits per heavy atom. The number of fused-ring (bicyclic) bond motifs is 3. The standard InChI is InChI=1S/C24H27N3O9/c1-8-9-5-6-10(26-7-28)16(29)11(9)17(30)14-21(34)24(36)13(20(33)23(8,14)2)15(27(3)4)18(31)12(19(24)32)22(25)35/h5-8,13,15,20,29-30,32-33,36H,1-4H3,(H2,25,35)(H,26,28)/t8-,13+,15-,20+,23+,24+/m1/s1. The molecule has 8 N–H and O–H groups in total. The van der Waals surface area contributed by atoms with E-state index in [4.69, 9.17) is 5.73 Å². The van der Waals surface area contributed by atoms with Gasteiger partial charge in [-0.25, -0.2) is 0 Å². The fourth-order valence-electron chi connectivity index (χ4n) is 6.09. The lowest BCUT2D eigenvalue weighted by molar-refractivity contribution is -0.178. The van der Waals surface area contributed by atoms with Crippen molar-refractivity contribution in [3.63, 3.8) is 0 Å². The second kappa shape index (κ2) is 7.88. The zero-order valence-electron chi connectivity index (χ0n) is 19.9. The number of primary amides is 1. The molecule has 4 rings (SSSR count). The molecule has 0 saturated heterocycles. The Bertz CT molecular complexity index is 1300. The first-order chi connectivity index (χ1) is 16.7. The summed E-state index contributed by atoms with van der Waals surface area (Å²) in [6.45, 7) is 3.09. The van der Waals surface area contributed by atoms with E-state index in [1.807, 2.05) is 0 Å². The number of ketones is 2. The van der Waals surface area contributed by atoms with Crippen LogP contribution in [0.5, 0.6) is 5.75 Å². The molecule has 0 aromatic heterocycles. The van der Waals surface area contributed by atoms with E-state index in [2.05, 4.69) is 5.32 Å². The molecule has 3 aliphatic rings. The highest BCUT2D eigenvalue weighted by atomic mass is 16.4. The molecule has 1 fully saturated rings. The third-order valence-electron chi connectivity index (χ3n) is 8.07. The Labute approximate surface area is 205 Å². The summed E-state index contributed by atoms with van der Waals surface area (Å²) >= 11 is 0. The average Bonchev–Trinajstić information content (AvgIpc) is 2.79.